The van der Waals surface area contributed by atoms with Gasteiger partial charge in [0.1, 0.15) is 0 Å². The van der Waals surface area contributed by atoms with Crippen molar-refractivity contribution in [2.75, 3.05) is 48.4 Å². The minimum Gasteiger partial charge on any atom is -0.493 e. The summed E-state index contributed by atoms with van der Waals surface area (Å²) in [6.07, 6.45) is -11.8. The third-order valence-corrected chi connectivity index (χ3v) is 4.76. The number of nitriles is 1. The highest BCUT2D eigenvalue weighted by atomic mass is 16.5. The Kier molecular flexibility index (Phi) is 4.30. The predicted octanol–water partition coefficient (Wildman–Crippen LogP) is 5.09. The Hall–Kier alpha value is -2.91. The molecule has 2 aromatic carbocycles. The van der Waals surface area contributed by atoms with Crippen molar-refractivity contribution < 1.29 is 40.9 Å². The van der Waals surface area contributed by atoms with E-state index in [-0.39, 0.29) is 17.1 Å². The molecule has 6 nitrogen and oxygen atoms in total. The van der Waals surface area contributed by atoms with E-state index >= 15 is 0 Å². The molecule has 0 amide bonds. The zero-order valence-corrected chi connectivity index (χ0v) is 19.3. The quantitative estimate of drug-likeness (QED) is 0.406. The molecule has 0 aliphatic heterocycles. The van der Waals surface area contributed by atoms with Crippen molar-refractivity contribution in [3.63, 3.8) is 0 Å². The molecule has 33 heavy (non-hydrogen) atoms. The van der Waals surface area contributed by atoms with Gasteiger partial charge in [0.2, 0.25) is 0 Å². The number of methoxy groups -OCH3 is 4. The van der Waals surface area contributed by atoms with Crippen molar-refractivity contribution in [2.24, 2.45) is 5.92 Å². The summed E-state index contributed by atoms with van der Waals surface area (Å²) in [6, 6.07) is 2.37. The van der Waals surface area contributed by atoms with E-state index in [1.807, 2.05) is 0 Å². The van der Waals surface area contributed by atoms with Crippen LogP contribution in [0.4, 0.5) is 0 Å². The number of hydrogen-bond acceptors (Lipinski definition) is 6. The number of likely N-dealkylation sites (N-methyl/N-ethyl adjacent to an activating group) is 1. The van der Waals surface area contributed by atoms with Gasteiger partial charge in [-0.1, -0.05) is 26.0 Å². The van der Waals surface area contributed by atoms with Crippen LogP contribution >= 0.6 is 0 Å². The molecule has 0 bridgehead atoms. The predicted molar refractivity (Wildman–Crippen MR) is 132 cm³/mol. The standard InChI is InChI=1S/C27H38N2O4/c1-20(2)27(19-28,22-10-12-24(31-5)26(18-22)33-7)14-8-15-29(3)16-13-21-9-11-23(30-4)25(17-21)32-6/h9-12,17-18,20H,8,13-16H2,1-7H3/i3D3,8D2,9D,11D,13D2,14D2,15D2,16D2,17D. The molecule has 6 heteroatoms. The lowest BCUT2D eigenvalue weighted by atomic mass is 9.69. The van der Waals surface area contributed by atoms with Crippen molar-refractivity contribution in [3.8, 4) is 29.1 Å². The van der Waals surface area contributed by atoms with E-state index in [4.69, 9.17) is 40.9 Å². The van der Waals surface area contributed by atoms with Gasteiger partial charge in [-0.25, -0.2) is 0 Å². The molecule has 2 rings (SSSR count). The molecule has 1 atom stereocenters. The molecular formula is C27H38N2O4. The fourth-order valence-electron chi connectivity index (χ4n) is 2.90. The Morgan fingerprint density at radius 3 is 2.30 bits per heavy atom. The summed E-state index contributed by atoms with van der Waals surface area (Å²) in [7, 11) is 4.62. The maximum Gasteiger partial charge on any atom is 0.161 e. The zero-order chi connectivity index (χ0) is 38.5. The molecule has 0 saturated heterocycles. The molecule has 0 spiro atoms. The Morgan fingerprint density at radius 1 is 1.03 bits per heavy atom. The van der Waals surface area contributed by atoms with Gasteiger partial charge in [0.25, 0.3) is 0 Å². The van der Waals surface area contributed by atoms with Gasteiger partial charge >= 0.3 is 0 Å². The van der Waals surface area contributed by atoms with Crippen LogP contribution in [-0.2, 0) is 11.8 Å². The smallest absolute Gasteiger partial charge is 0.161 e. The molecular weight excluding hydrogens is 416 g/mol. The van der Waals surface area contributed by atoms with E-state index in [2.05, 4.69) is 0 Å². The first kappa shape index (κ1) is 11.5. The summed E-state index contributed by atoms with van der Waals surface area (Å²) >= 11 is 0. The molecule has 0 aliphatic rings. The highest BCUT2D eigenvalue weighted by Gasteiger charge is 2.36. The van der Waals surface area contributed by atoms with E-state index < -0.39 is 90.5 Å². The summed E-state index contributed by atoms with van der Waals surface area (Å²) in [6.45, 7) is -9.98. The number of rotatable bonds is 13. The third-order valence-electron chi connectivity index (χ3n) is 4.76. The molecule has 0 N–H and O–H groups in total. The van der Waals surface area contributed by atoms with Gasteiger partial charge in [0.15, 0.2) is 23.0 Å². The second kappa shape index (κ2) is 12.4. The van der Waals surface area contributed by atoms with Crippen LogP contribution in [0.3, 0.4) is 0 Å². The summed E-state index contributed by atoms with van der Waals surface area (Å²) in [4.78, 5) is -0.818. The van der Waals surface area contributed by atoms with Crippen LogP contribution < -0.4 is 18.9 Å². The number of ether oxygens (including phenoxy) is 4. The van der Waals surface area contributed by atoms with Crippen LogP contribution in [0.15, 0.2) is 36.3 Å². The van der Waals surface area contributed by atoms with Gasteiger partial charge in [-0.2, -0.15) is 5.26 Å². The Balaban J connectivity index is 3.04. The SMILES string of the molecule is [2H]c1c([2H])c(C([2H])([2H])C([2H])([2H])N(C([2H])([2H])[2H])C([2H])([2H])C([2H])([2H])C([2H])([2H])C(C#N)(c2ccc(OC)c(OC)c2)C(C)C)c([2H])c(OC)c1OC. The zero-order valence-electron chi connectivity index (χ0n) is 35.3. The molecule has 0 heterocycles. The highest BCUT2D eigenvalue weighted by molar-refractivity contribution is 5.47. The first-order valence-corrected chi connectivity index (χ1v) is 9.78. The topological polar surface area (TPSA) is 64.0 Å². The lowest BCUT2D eigenvalue weighted by Crippen LogP contribution is -2.32. The van der Waals surface area contributed by atoms with E-state index in [0.29, 0.717) is 0 Å². The highest BCUT2D eigenvalue weighted by Crippen LogP contribution is 2.40. The molecule has 0 radical (unpaired) electrons. The minimum absolute atomic E-state index is 0.00521. The fourth-order valence-corrected chi connectivity index (χ4v) is 2.90. The largest absolute Gasteiger partial charge is 0.493 e. The van der Waals surface area contributed by atoms with Crippen molar-refractivity contribution in [2.45, 2.75) is 38.4 Å². The Morgan fingerprint density at radius 2 is 1.73 bits per heavy atom. The van der Waals surface area contributed by atoms with Crippen LogP contribution in [-0.4, -0.2) is 53.3 Å². The Labute approximate surface area is 221 Å². The Bertz CT molecular complexity index is 1590. The van der Waals surface area contributed by atoms with Gasteiger partial charge in [-0.15, -0.1) is 0 Å². The summed E-state index contributed by atoms with van der Waals surface area (Å²) in [5, 5.41) is 10.6. The second-order valence-corrected chi connectivity index (χ2v) is 6.89. The number of nitrogens with zero attached hydrogens (tertiary/aromatic N) is 2. The number of benzene rings is 2. The van der Waals surface area contributed by atoms with Crippen LogP contribution in [0.5, 0.6) is 23.0 Å². The lowest BCUT2D eigenvalue weighted by molar-refractivity contribution is 0.292. The van der Waals surface area contributed by atoms with Crippen LogP contribution in [0.25, 0.3) is 0 Å². The fraction of sp³-hybridized carbons (Fsp3) is 0.519. The molecule has 0 fully saturated rings. The van der Waals surface area contributed by atoms with Gasteiger partial charge in [-0.3, -0.25) is 0 Å². The second-order valence-electron chi connectivity index (χ2n) is 6.89. The van der Waals surface area contributed by atoms with Gasteiger partial charge in [0, 0.05) is 24.3 Å². The monoisotopic (exact) mass is 470 g/mol. The van der Waals surface area contributed by atoms with E-state index in [9.17, 15) is 5.26 Å². The average molecular weight is 471 g/mol. The van der Waals surface area contributed by atoms with Crippen molar-refractivity contribution in [3.05, 3.63) is 47.5 Å². The normalized spacial score (nSPS) is 22.5. The first-order chi connectivity index (χ1) is 22.1. The van der Waals surface area contributed by atoms with Gasteiger partial charge in [0.05, 0.1) is 44.0 Å². The maximum absolute atomic E-state index is 10.6. The summed E-state index contributed by atoms with van der Waals surface area (Å²) in [5.74, 6) is -2.15. The van der Waals surface area contributed by atoms with Gasteiger partial charge < -0.3 is 23.8 Å². The van der Waals surface area contributed by atoms with Crippen molar-refractivity contribution in [1.82, 2.24) is 4.90 Å². The molecule has 2 aromatic rings. The molecule has 0 aromatic heterocycles. The summed E-state index contributed by atoms with van der Waals surface area (Å²) < 4.78 is 159. The lowest BCUT2D eigenvalue weighted by Gasteiger charge is -2.32. The molecule has 180 valence electrons. The number of hydrogen-bond donors (Lipinski definition) is 0. The maximum atomic E-state index is 10.6. The third kappa shape index (κ3) is 6.33. The summed E-state index contributed by atoms with van der Waals surface area (Å²) in [5.41, 5.74) is -4.12. The molecule has 0 aliphatic carbocycles. The molecule has 1 unspecified atom stereocenters. The van der Waals surface area contributed by atoms with Crippen LogP contribution in [0.2, 0.25) is 0 Å². The average Bonchev–Trinajstić information content (AvgIpc) is 2.97. The molecule has 0 saturated carbocycles. The first-order valence-electron chi connectivity index (χ1n) is 17.8. The van der Waals surface area contributed by atoms with Crippen molar-refractivity contribution in [1.29, 1.82) is 5.26 Å². The van der Waals surface area contributed by atoms with Crippen molar-refractivity contribution >= 4 is 0 Å². The minimum atomic E-state index is -4.34. The van der Waals surface area contributed by atoms with E-state index in [0.717, 1.165) is 14.2 Å². The van der Waals surface area contributed by atoms with E-state index in [1.54, 1.807) is 6.07 Å². The van der Waals surface area contributed by atoms with Gasteiger partial charge in [-0.05, 0) is 73.9 Å². The van der Waals surface area contributed by atoms with Crippen LogP contribution in [0.1, 0.15) is 59.7 Å². The van der Waals surface area contributed by atoms with Crippen LogP contribution in [0, 0.1) is 17.2 Å². The van der Waals surface area contributed by atoms with E-state index in [1.165, 1.54) is 46.3 Å².